The molecule has 1 rings (SSSR count). The molecule has 0 unspecified atom stereocenters. The van der Waals surface area contributed by atoms with Crippen LogP contribution in [-0.2, 0) is 14.3 Å². The van der Waals surface area contributed by atoms with Gasteiger partial charge in [0.05, 0.1) is 12.0 Å². The molecule has 21 heavy (non-hydrogen) atoms. The summed E-state index contributed by atoms with van der Waals surface area (Å²) >= 11 is 0.846. The van der Waals surface area contributed by atoms with Crippen LogP contribution in [0, 0.1) is 10.1 Å². The van der Waals surface area contributed by atoms with Crippen LogP contribution in [0.5, 0.6) is 0 Å². The molecule has 0 aliphatic rings. The zero-order chi connectivity index (χ0) is 15.8. The third-order valence-electron chi connectivity index (χ3n) is 2.54. The Balaban J connectivity index is 2.67. The van der Waals surface area contributed by atoms with Crippen molar-refractivity contribution in [2.75, 3.05) is 7.11 Å². The summed E-state index contributed by atoms with van der Waals surface area (Å²) in [5.74, 6) is -1.66. The highest BCUT2D eigenvalue weighted by Gasteiger charge is 2.21. The summed E-state index contributed by atoms with van der Waals surface area (Å²) in [6.45, 7) is 0. The van der Waals surface area contributed by atoms with Crippen LogP contribution in [0.3, 0.4) is 0 Å². The van der Waals surface area contributed by atoms with Gasteiger partial charge in [0.2, 0.25) is 0 Å². The number of carbonyl (C=O) groups is 2. The summed E-state index contributed by atoms with van der Waals surface area (Å²) in [5.41, 5.74) is -0.118. The molecule has 1 aromatic carbocycles. The van der Waals surface area contributed by atoms with Gasteiger partial charge in [-0.2, -0.15) is 0 Å². The predicted molar refractivity (Wildman–Crippen MR) is 74.8 cm³/mol. The third kappa shape index (κ3) is 5.40. The predicted octanol–water partition coefficient (Wildman–Crippen LogP) is 1.60. The fourth-order valence-corrected chi connectivity index (χ4v) is 2.31. The number of nitrogens with zero attached hydrogens (tertiary/aromatic N) is 1. The summed E-state index contributed by atoms with van der Waals surface area (Å²) in [6, 6.07) is 4.95. The number of benzene rings is 1. The Morgan fingerprint density at radius 2 is 2.14 bits per heavy atom. The molecule has 0 radical (unpaired) electrons. The number of carbonyl (C=O) groups excluding carboxylic acids is 1. The van der Waals surface area contributed by atoms with Gasteiger partial charge in [-0.1, -0.05) is 12.1 Å². The SMILES string of the molecule is COC(=O)CC[C@H](NSc1ccccc1[N+](=O)[O-])C(=O)O. The Bertz CT molecular complexity index is 536. The molecule has 0 heterocycles. The second-order valence-electron chi connectivity index (χ2n) is 3.95. The van der Waals surface area contributed by atoms with Gasteiger partial charge in [0, 0.05) is 12.5 Å². The van der Waals surface area contributed by atoms with Gasteiger partial charge in [-0.3, -0.25) is 19.7 Å². The minimum atomic E-state index is -1.15. The van der Waals surface area contributed by atoms with Gasteiger partial charge in [0.15, 0.2) is 0 Å². The third-order valence-corrected chi connectivity index (χ3v) is 3.50. The van der Waals surface area contributed by atoms with E-state index in [0.29, 0.717) is 4.90 Å². The molecule has 1 aromatic rings. The normalized spacial score (nSPS) is 11.7. The molecule has 114 valence electrons. The van der Waals surface area contributed by atoms with Gasteiger partial charge in [-0.05, 0) is 24.4 Å². The molecule has 0 aromatic heterocycles. The number of rotatable bonds is 8. The number of methoxy groups -OCH3 is 1. The first kappa shape index (κ1) is 16.9. The molecule has 0 fully saturated rings. The van der Waals surface area contributed by atoms with E-state index in [0.717, 1.165) is 11.9 Å². The molecule has 0 aliphatic heterocycles. The number of nitro benzene ring substituents is 1. The van der Waals surface area contributed by atoms with Gasteiger partial charge in [-0.25, -0.2) is 4.72 Å². The molecular weight excluding hydrogens is 300 g/mol. The lowest BCUT2D eigenvalue weighted by molar-refractivity contribution is -0.387. The number of esters is 1. The molecule has 8 nitrogen and oxygen atoms in total. The van der Waals surface area contributed by atoms with Crippen LogP contribution in [0.1, 0.15) is 12.8 Å². The van der Waals surface area contributed by atoms with Crippen LogP contribution in [0.25, 0.3) is 0 Å². The summed E-state index contributed by atoms with van der Waals surface area (Å²) < 4.78 is 7.05. The maximum atomic E-state index is 11.1. The lowest BCUT2D eigenvalue weighted by atomic mass is 10.2. The molecule has 0 amide bonds. The molecule has 0 saturated heterocycles. The molecule has 0 saturated carbocycles. The van der Waals surface area contributed by atoms with Crippen molar-refractivity contribution in [1.29, 1.82) is 0 Å². The highest BCUT2D eigenvalue weighted by molar-refractivity contribution is 7.97. The Labute approximate surface area is 124 Å². The van der Waals surface area contributed by atoms with Crippen LogP contribution in [-0.4, -0.2) is 35.1 Å². The standard InChI is InChI=1S/C12H14N2O6S/c1-20-11(15)7-6-8(12(16)17)13-21-10-5-3-2-4-9(10)14(18)19/h2-5,8,13H,6-7H2,1H3,(H,16,17)/t8-/m0/s1. The Morgan fingerprint density at radius 3 is 2.71 bits per heavy atom. The highest BCUT2D eigenvalue weighted by atomic mass is 32.2. The Hall–Kier alpha value is -2.13. The van der Waals surface area contributed by atoms with E-state index in [1.807, 2.05) is 0 Å². The van der Waals surface area contributed by atoms with E-state index in [4.69, 9.17) is 5.11 Å². The first-order valence-electron chi connectivity index (χ1n) is 5.91. The van der Waals surface area contributed by atoms with E-state index >= 15 is 0 Å². The number of nitro groups is 1. The van der Waals surface area contributed by atoms with Gasteiger partial charge < -0.3 is 9.84 Å². The van der Waals surface area contributed by atoms with Crippen molar-refractivity contribution in [2.45, 2.75) is 23.8 Å². The fraction of sp³-hybridized carbons (Fsp3) is 0.333. The van der Waals surface area contributed by atoms with Gasteiger partial charge >= 0.3 is 11.9 Å². The molecular formula is C12H14N2O6S. The van der Waals surface area contributed by atoms with Crippen molar-refractivity contribution >= 4 is 29.6 Å². The number of nitrogens with one attached hydrogen (secondary N) is 1. The Morgan fingerprint density at radius 1 is 1.48 bits per heavy atom. The fourth-order valence-electron chi connectivity index (χ4n) is 1.43. The lowest BCUT2D eigenvalue weighted by Gasteiger charge is -2.12. The van der Waals surface area contributed by atoms with Crippen molar-refractivity contribution in [3.8, 4) is 0 Å². The monoisotopic (exact) mass is 314 g/mol. The highest BCUT2D eigenvalue weighted by Crippen LogP contribution is 2.27. The van der Waals surface area contributed by atoms with Crippen molar-refractivity contribution in [1.82, 2.24) is 4.72 Å². The van der Waals surface area contributed by atoms with Crippen molar-refractivity contribution in [2.24, 2.45) is 0 Å². The second-order valence-corrected chi connectivity index (χ2v) is 4.83. The van der Waals surface area contributed by atoms with Crippen molar-refractivity contribution in [3.05, 3.63) is 34.4 Å². The molecule has 0 aliphatic carbocycles. The number of carboxylic acids is 1. The van der Waals surface area contributed by atoms with Gasteiger partial charge in [-0.15, -0.1) is 0 Å². The van der Waals surface area contributed by atoms with Crippen LogP contribution >= 0.6 is 11.9 Å². The number of hydrogen-bond acceptors (Lipinski definition) is 7. The van der Waals surface area contributed by atoms with Crippen molar-refractivity contribution in [3.63, 3.8) is 0 Å². The second kappa shape index (κ2) is 8.22. The smallest absolute Gasteiger partial charge is 0.321 e. The minimum Gasteiger partial charge on any atom is -0.480 e. The van der Waals surface area contributed by atoms with E-state index in [1.165, 1.54) is 25.3 Å². The number of para-hydroxylation sites is 1. The first-order chi connectivity index (χ1) is 9.95. The molecule has 2 N–H and O–H groups in total. The summed E-state index contributed by atoms with van der Waals surface area (Å²) in [5, 5.41) is 19.9. The average Bonchev–Trinajstić information content (AvgIpc) is 2.46. The van der Waals surface area contributed by atoms with Crippen molar-refractivity contribution < 1.29 is 24.4 Å². The van der Waals surface area contributed by atoms with E-state index in [1.54, 1.807) is 6.07 Å². The van der Waals surface area contributed by atoms with Gasteiger partial charge in [0.1, 0.15) is 10.9 Å². The maximum Gasteiger partial charge on any atom is 0.321 e. The number of hydrogen-bond donors (Lipinski definition) is 2. The van der Waals surface area contributed by atoms with E-state index in [-0.39, 0.29) is 18.5 Å². The van der Waals surface area contributed by atoms with E-state index < -0.39 is 22.9 Å². The summed E-state index contributed by atoms with van der Waals surface area (Å²) in [4.78, 5) is 32.7. The molecule has 0 bridgehead atoms. The van der Waals surface area contributed by atoms with E-state index in [9.17, 15) is 19.7 Å². The molecule has 1 atom stereocenters. The van der Waals surface area contributed by atoms with Crippen LogP contribution in [0.15, 0.2) is 29.2 Å². The lowest BCUT2D eigenvalue weighted by Crippen LogP contribution is -2.32. The zero-order valence-corrected chi connectivity index (χ0v) is 12.0. The quantitative estimate of drug-likeness (QED) is 0.321. The molecule has 9 heteroatoms. The summed E-state index contributed by atoms with van der Waals surface area (Å²) in [6.07, 6.45) is -0.0342. The zero-order valence-electron chi connectivity index (χ0n) is 11.1. The largest absolute Gasteiger partial charge is 0.480 e. The number of carboxylic acid groups (broad SMARTS) is 1. The van der Waals surface area contributed by atoms with E-state index in [2.05, 4.69) is 9.46 Å². The van der Waals surface area contributed by atoms with Crippen LogP contribution < -0.4 is 4.72 Å². The average molecular weight is 314 g/mol. The first-order valence-corrected chi connectivity index (χ1v) is 6.72. The number of ether oxygens (including phenoxy) is 1. The van der Waals surface area contributed by atoms with Crippen LogP contribution in [0.2, 0.25) is 0 Å². The Kier molecular flexibility index (Phi) is 6.63. The molecule has 0 spiro atoms. The topological polar surface area (TPSA) is 119 Å². The van der Waals surface area contributed by atoms with Gasteiger partial charge in [0.25, 0.3) is 5.69 Å². The summed E-state index contributed by atoms with van der Waals surface area (Å²) in [7, 11) is 1.22. The maximum absolute atomic E-state index is 11.1. The van der Waals surface area contributed by atoms with Crippen LogP contribution in [0.4, 0.5) is 5.69 Å². The number of aliphatic carboxylic acids is 1. The minimum absolute atomic E-state index is 0.0235.